The van der Waals surface area contributed by atoms with Crippen molar-refractivity contribution in [3.8, 4) is 11.5 Å². The summed E-state index contributed by atoms with van der Waals surface area (Å²) < 4.78 is 38.9. The fourth-order valence-electron chi connectivity index (χ4n) is 3.25. The lowest BCUT2D eigenvalue weighted by atomic mass is 10.2. The highest BCUT2D eigenvalue weighted by Gasteiger charge is 2.37. The van der Waals surface area contributed by atoms with Gasteiger partial charge in [-0.15, -0.1) is 0 Å². The highest BCUT2D eigenvalue weighted by atomic mass is 32.2. The molecule has 1 unspecified atom stereocenters. The molecular formula is C22H20N2O5S. The minimum atomic E-state index is -3.88. The number of hydrogen-bond acceptors (Lipinski definition) is 5. The molecule has 1 amide bonds. The second-order valence-electron chi connectivity index (χ2n) is 6.61. The second-order valence-corrected chi connectivity index (χ2v) is 8.48. The van der Waals surface area contributed by atoms with Crippen molar-refractivity contribution >= 4 is 27.3 Å². The van der Waals surface area contributed by atoms with Gasteiger partial charge in [-0.3, -0.25) is 9.10 Å². The van der Waals surface area contributed by atoms with Crippen LogP contribution in [0, 0.1) is 0 Å². The molecule has 30 heavy (non-hydrogen) atoms. The lowest BCUT2D eigenvalue weighted by Gasteiger charge is -2.34. The van der Waals surface area contributed by atoms with E-state index in [9.17, 15) is 13.2 Å². The topological polar surface area (TPSA) is 84.9 Å². The van der Waals surface area contributed by atoms with Crippen LogP contribution in [0.15, 0.2) is 83.8 Å². The van der Waals surface area contributed by atoms with Gasteiger partial charge in [-0.25, -0.2) is 8.42 Å². The Hall–Kier alpha value is -3.52. The molecule has 0 fully saturated rings. The van der Waals surface area contributed by atoms with Crippen molar-refractivity contribution in [2.24, 2.45) is 0 Å². The first-order valence-corrected chi connectivity index (χ1v) is 10.7. The zero-order valence-electron chi connectivity index (χ0n) is 16.2. The summed E-state index contributed by atoms with van der Waals surface area (Å²) in [5.41, 5.74) is 0.868. The van der Waals surface area contributed by atoms with Crippen molar-refractivity contribution in [2.75, 3.05) is 23.3 Å². The minimum Gasteiger partial charge on any atom is -0.495 e. The molecule has 1 atom stereocenters. The maximum Gasteiger partial charge on any atom is 0.267 e. The molecule has 3 aromatic carbocycles. The van der Waals surface area contributed by atoms with Crippen molar-refractivity contribution in [1.29, 1.82) is 0 Å². The van der Waals surface area contributed by atoms with Gasteiger partial charge in [0.15, 0.2) is 6.10 Å². The molecule has 8 heteroatoms. The molecule has 154 valence electrons. The van der Waals surface area contributed by atoms with E-state index in [-0.39, 0.29) is 11.4 Å². The van der Waals surface area contributed by atoms with Crippen molar-refractivity contribution < 1.29 is 22.7 Å². The Labute approximate surface area is 174 Å². The van der Waals surface area contributed by atoms with Gasteiger partial charge >= 0.3 is 0 Å². The molecule has 0 aliphatic carbocycles. The van der Waals surface area contributed by atoms with Crippen LogP contribution in [0.3, 0.4) is 0 Å². The van der Waals surface area contributed by atoms with Gasteiger partial charge in [0.1, 0.15) is 11.5 Å². The van der Waals surface area contributed by atoms with Crippen molar-refractivity contribution in [2.45, 2.75) is 11.0 Å². The standard InChI is InChI=1S/C22H20N2O5S/c1-28-19-13-7-5-11-17(19)23-22(25)21-15-24(18-12-6-8-14-20(18)29-21)30(26,27)16-9-3-2-4-10-16/h2-14,21H,15H2,1H3,(H,23,25). The predicted molar refractivity (Wildman–Crippen MR) is 113 cm³/mol. The summed E-state index contributed by atoms with van der Waals surface area (Å²) in [6.45, 7) is -0.158. The summed E-state index contributed by atoms with van der Waals surface area (Å²) >= 11 is 0. The van der Waals surface area contributed by atoms with Gasteiger partial charge in [0.05, 0.1) is 29.9 Å². The Kier molecular flexibility index (Phi) is 5.33. The van der Waals surface area contributed by atoms with Crippen LogP contribution in [0.1, 0.15) is 0 Å². The van der Waals surface area contributed by atoms with Crippen LogP contribution in [-0.4, -0.2) is 34.1 Å². The summed E-state index contributed by atoms with van der Waals surface area (Å²) in [5, 5.41) is 2.76. The van der Waals surface area contributed by atoms with Crippen LogP contribution < -0.4 is 19.1 Å². The van der Waals surface area contributed by atoms with Gasteiger partial charge in [0.2, 0.25) is 0 Å². The molecule has 1 aliphatic rings. The van der Waals surface area contributed by atoms with Gasteiger partial charge in [-0.1, -0.05) is 42.5 Å². The Morgan fingerprint density at radius 1 is 1.00 bits per heavy atom. The second kappa shape index (κ2) is 8.08. The average Bonchev–Trinajstić information content (AvgIpc) is 2.79. The molecular weight excluding hydrogens is 404 g/mol. The lowest BCUT2D eigenvalue weighted by molar-refractivity contribution is -0.122. The van der Waals surface area contributed by atoms with E-state index in [1.165, 1.54) is 23.5 Å². The van der Waals surface area contributed by atoms with E-state index in [0.29, 0.717) is 22.9 Å². The van der Waals surface area contributed by atoms with Crippen molar-refractivity contribution in [1.82, 2.24) is 0 Å². The number of carbonyl (C=O) groups is 1. The van der Waals surface area contributed by atoms with Crippen molar-refractivity contribution in [3.63, 3.8) is 0 Å². The lowest BCUT2D eigenvalue weighted by Crippen LogP contribution is -2.48. The van der Waals surface area contributed by atoms with Gasteiger partial charge in [0.25, 0.3) is 15.9 Å². The largest absolute Gasteiger partial charge is 0.495 e. The van der Waals surface area contributed by atoms with E-state index < -0.39 is 22.0 Å². The van der Waals surface area contributed by atoms with Gasteiger partial charge in [-0.05, 0) is 36.4 Å². The Bertz CT molecular complexity index is 1160. The van der Waals surface area contributed by atoms with E-state index in [4.69, 9.17) is 9.47 Å². The number of amides is 1. The summed E-state index contributed by atoms with van der Waals surface area (Å²) in [6.07, 6.45) is -1.04. The van der Waals surface area contributed by atoms with Crippen molar-refractivity contribution in [3.05, 3.63) is 78.9 Å². The molecule has 1 N–H and O–H groups in total. The summed E-state index contributed by atoms with van der Waals surface area (Å²) in [6, 6.07) is 21.8. The first kappa shape index (κ1) is 19.8. The Balaban J connectivity index is 1.67. The van der Waals surface area contributed by atoms with E-state index in [0.717, 1.165) is 0 Å². The van der Waals surface area contributed by atoms with Crippen LogP contribution in [0.25, 0.3) is 0 Å². The quantitative estimate of drug-likeness (QED) is 0.679. The third-order valence-corrected chi connectivity index (χ3v) is 6.52. The van der Waals surface area contributed by atoms with Gasteiger partial charge < -0.3 is 14.8 Å². The monoisotopic (exact) mass is 424 g/mol. The van der Waals surface area contributed by atoms with Gasteiger partial charge in [0, 0.05) is 0 Å². The fraction of sp³-hybridized carbons (Fsp3) is 0.136. The molecule has 0 aromatic heterocycles. The van der Waals surface area contributed by atoms with Crippen LogP contribution in [0.4, 0.5) is 11.4 Å². The summed E-state index contributed by atoms with van der Waals surface area (Å²) in [5.74, 6) is 0.349. The number of benzene rings is 3. The number of fused-ring (bicyclic) bond motifs is 1. The van der Waals surface area contributed by atoms with Crippen LogP contribution >= 0.6 is 0 Å². The molecule has 0 saturated heterocycles. The zero-order valence-corrected chi connectivity index (χ0v) is 17.0. The zero-order chi connectivity index (χ0) is 21.1. The Morgan fingerprint density at radius 3 is 2.43 bits per heavy atom. The number of anilines is 2. The van der Waals surface area contributed by atoms with Crippen LogP contribution in [0.5, 0.6) is 11.5 Å². The first-order valence-electron chi connectivity index (χ1n) is 9.28. The number of sulfonamides is 1. The highest BCUT2D eigenvalue weighted by Crippen LogP contribution is 2.37. The molecule has 4 rings (SSSR count). The average molecular weight is 424 g/mol. The molecule has 3 aromatic rings. The maximum atomic E-state index is 13.3. The maximum absolute atomic E-state index is 13.3. The molecule has 0 spiro atoms. The summed E-state index contributed by atoms with van der Waals surface area (Å²) in [7, 11) is -2.37. The molecule has 7 nitrogen and oxygen atoms in total. The first-order chi connectivity index (χ1) is 14.5. The number of hydrogen-bond donors (Lipinski definition) is 1. The number of carbonyl (C=O) groups excluding carboxylic acids is 1. The van der Waals surface area contributed by atoms with Gasteiger partial charge in [-0.2, -0.15) is 0 Å². The molecule has 0 bridgehead atoms. The fourth-order valence-corrected chi connectivity index (χ4v) is 4.74. The molecule has 0 saturated carbocycles. The highest BCUT2D eigenvalue weighted by molar-refractivity contribution is 7.92. The number of nitrogens with zero attached hydrogens (tertiary/aromatic N) is 1. The van der Waals surface area contributed by atoms with Crippen LogP contribution in [0.2, 0.25) is 0 Å². The van der Waals surface area contributed by atoms with E-state index in [2.05, 4.69) is 5.32 Å². The number of nitrogens with one attached hydrogen (secondary N) is 1. The summed E-state index contributed by atoms with van der Waals surface area (Å²) in [4.78, 5) is 13.1. The third-order valence-electron chi connectivity index (χ3n) is 4.72. The minimum absolute atomic E-state index is 0.144. The predicted octanol–water partition coefficient (Wildman–Crippen LogP) is 3.29. The van der Waals surface area contributed by atoms with E-state index in [1.807, 2.05) is 0 Å². The SMILES string of the molecule is COc1ccccc1NC(=O)C1CN(S(=O)(=O)c2ccccc2)c2ccccc2O1. The Morgan fingerprint density at radius 2 is 1.67 bits per heavy atom. The number of methoxy groups -OCH3 is 1. The number of rotatable bonds is 5. The van der Waals surface area contributed by atoms with E-state index >= 15 is 0 Å². The van der Waals surface area contributed by atoms with Crippen LogP contribution in [-0.2, 0) is 14.8 Å². The van der Waals surface area contributed by atoms with E-state index in [1.54, 1.807) is 66.7 Å². The molecule has 1 aliphatic heterocycles. The third kappa shape index (κ3) is 3.69. The number of para-hydroxylation sites is 4. The molecule has 1 heterocycles. The number of ether oxygens (including phenoxy) is 2. The molecule has 0 radical (unpaired) electrons. The smallest absolute Gasteiger partial charge is 0.267 e. The normalized spacial score (nSPS) is 15.6.